The zero-order chi connectivity index (χ0) is 17.9. The van der Waals surface area contributed by atoms with Crippen LogP contribution >= 0.6 is 0 Å². The zero-order valence-electron chi connectivity index (χ0n) is 15.0. The van der Waals surface area contributed by atoms with Crippen LogP contribution in [0, 0.1) is 12.8 Å². The van der Waals surface area contributed by atoms with E-state index in [-0.39, 0.29) is 5.91 Å². The number of hydrogen-bond acceptors (Lipinski definition) is 4. The van der Waals surface area contributed by atoms with E-state index in [2.05, 4.69) is 34.4 Å². The highest BCUT2D eigenvalue weighted by atomic mass is 16.5. The highest BCUT2D eigenvalue weighted by Crippen LogP contribution is 2.26. The van der Waals surface area contributed by atoms with Crippen LogP contribution in [0.15, 0.2) is 47.1 Å². The molecule has 0 saturated carbocycles. The number of aromatic nitrogens is 2. The Morgan fingerprint density at radius 3 is 3.00 bits per heavy atom. The largest absolute Gasteiger partial charge is 0.361 e. The summed E-state index contributed by atoms with van der Waals surface area (Å²) >= 11 is 0. The van der Waals surface area contributed by atoms with Gasteiger partial charge in [-0.2, -0.15) is 0 Å². The highest BCUT2D eigenvalue weighted by Gasteiger charge is 2.24. The van der Waals surface area contributed by atoms with Crippen molar-refractivity contribution in [2.75, 3.05) is 13.1 Å². The molecular formula is C21H23N3O2. The minimum absolute atomic E-state index is 0.0168. The molecule has 134 valence electrons. The van der Waals surface area contributed by atoms with Crippen molar-refractivity contribution in [3.05, 3.63) is 59.6 Å². The van der Waals surface area contributed by atoms with Crippen LogP contribution in [0.4, 0.5) is 0 Å². The van der Waals surface area contributed by atoms with Crippen molar-refractivity contribution >= 4 is 16.8 Å². The zero-order valence-corrected chi connectivity index (χ0v) is 15.0. The fourth-order valence-electron chi connectivity index (χ4n) is 3.86. The van der Waals surface area contributed by atoms with Gasteiger partial charge in [-0.05, 0) is 56.2 Å². The molecular weight excluding hydrogens is 326 g/mol. The molecule has 1 atom stereocenters. The number of amides is 1. The lowest BCUT2D eigenvalue weighted by Gasteiger charge is -2.19. The Kier molecular flexibility index (Phi) is 4.69. The van der Waals surface area contributed by atoms with E-state index in [9.17, 15) is 4.79 Å². The van der Waals surface area contributed by atoms with Crippen molar-refractivity contribution in [2.45, 2.75) is 32.6 Å². The van der Waals surface area contributed by atoms with Crippen molar-refractivity contribution in [3.8, 4) is 0 Å². The molecule has 3 heterocycles. The molecule has 1 aliphatic heterocycles. The van der Waals surface area contributed by atoms with E-state index >= 15 is 0 Å². The average molecular weight is 349 g/mol. The normalized spacial score (nSPS) is 18.0. The number of carbonyl (C=O) groups excluding carboxylic acids is 1. The lowest BCUT2D eigenvalue weighted by Crippen LogP contribution is -2.32. The molecule has 1 fully saturated rings. The number of fused-ring (bicyclic) bond motifs is 1. The number of hydrogen-bond donors (Lipinski definition) is 0. The quantitative estimate of drug-likeness (QED) is 0.717. The van der Waals surface area contributed by atoms with Gasteiger partial charge in [0.2, 0.25) is 0 Å². The number of benzene rings is 1. The highest BCUT2D eigenvalue weighted by molar-refractivity contribution is 5.92. The van der Waals surface area contributed by atoms with Crippen molar-refractivity contribution in [1.29, 1.82) is 0 Å². The predicted molar refractivity (Wildman–Crippen MR) is 99.9 cm³/mol. The van der Waals surface area contributed by atoms with Crippen LogP contribution in [0.3, 0.4) is 0 Å². The van der Waals surface area contributed by atoms with Crippen LogP contribution in [-0.4, -0.2) is 34.0 Å². The Morgan fingerprint density at radius 1 is 1.23 bits per heavy atom. The average Bonchev–Trinajstić information content (AvgIpc) is 2.96. The van der Waals surface area contributed by atoms with E-state index < -0.39 is 0 Å². The van der Waals surface area contributed by atoms with Gasteiger partial charge in [0.15, 0.2) is 5.69 Å². The van der Waals surface area contributed by atoms with E-state index in [1.54, 1.807) is 13.0 Å². The first-order chi connectivity index (χ1) is 12.7. The summed E-state index contributed by atoms with van der Waals surface area (Å²) in [5.74, 6) is 1.24. The molecule has 0 bridgehead atoms. The maximum Gasteiger partial charge on any atom is 0.276 e. The third-order valence-corrected chi connectivity index (χ3v) is 5.23. The van der Waals surface area contributed by atoms with Crippen LogP contribution in [0.25, 0.3) is 10.9 Å². The first-order valence-electron chi connectivity index (χ1n) is 9.26. The number of pyridine rings is 1. The van der Waals surface area contributed by atoms with Gasteiger partial charge in [-0.25, -0.2) is 0 Å². The monoisotopic (exact) mass is 349 g/mol. The summed E-state index contributed by atoms with van der Waals surface area (Å²) in [5.41, 5.74) is 2.82. The van der Waals surface area contributed by atoms with Gasteiger partial charge in [0.05, 0.1) is 5.52 Å². The van der Waals surface area contributed by atoms with Crippen LogP contribution in [0.1, 0.15) is 41.1 Å². The molecule has 26 heavy (non-hydrogen) atoms. The molecule has 3 aromatic rings. The maximum absolute atomic E-state index is 12.6. The minimum atomic E-state index is -0.0168. The van der Waals surface area contributed by atoms with Crippen molar-refractivity contribution in [3.63, 3.8) is 0 Å². The van der Waals surface area contributed by atoms with E-state index in [4.69, 9.17) is 4.52 Å². The standard InChI is InChI=1S/C21H23N3O2/c1-15-13-20(23-26-15)21(25)24-11-4-5-16(9-12-24)14-17-6-2-8-19-18(17)7-3-10-22-19/h2-3,6-8,10,13,16H,4-5,9,11-12,14H2,1H3/t16-/m0/s1. The Labute approximate surface area is 153 Å². The minimum Gasteiger partial charge on any atom is -0.361 e. The van der Waals surface area contributed by atoms with E-state index in [1.807, 2.05) is 17.2 Å². The van der Waals surface area contributed by atoms with Gasteiger partial charge in [-0.1, -0.05) is 23.4 Å². The third-order valence-electron chi connectivity index (χ3n) is 5.23. The topological polar surface area (TPSA) is 59.2 Å². The molecule has 1 saturated heterocycles. The summed E-state index contributed by atoms with van der Waals surface area (Å²) in [5, 5.41) is 5.11. The molecule has 1 aromatic carbocycles. The summed E-state index contributed by atoms with van der Waals surface area (Å²) in [4.78, 5) is 19.0. The Morgan fingerprint density at radius 2 is 2.15 bits per heavy atom. The molecule has 1 aliphatic rings. The molecule has 2 aromatic heterocycles. The summed E-state index contributed by atoms with van der Waals surface area (Å²) < 4.78 is 5.05. The van der Waals surface area contributed by atoms with Crippen molar-refractivity contribution in [1.82, 2.24) is 15.0 Å². The number of likely N-dealkylation sites (tertiary alicyclic amines) is 1. The van der Waals surface area contributed by atoms with Crippen LogP contribution in [0.2, 0.25) is 0 Å². The fourth-order valence-corrected chi connectivity index (χ4v) is 3.86. The molecule has 0 aliphatic carbocycles. The molecule has 0 radical (unpaired) electrons. The SMILES string of the molecule is Cc1cc(C(=O)N2CCC[C@H](Cc3cccc4ncccc34)CC2)no1. The number of carbonyl (C=O) groups is 1. The van der Waals surface area contributed by atoms with Crippen molar-refractivity contribution < 1.29 is 9.32 Å². The molecule has 0 unspecified atom stereocenters. The van der Waals surface area contributed by atoms with Crippen LogP contribution in [0.5, 0.6) is 0 Å². The molecule has 4 rings (SSSR count). The van der Waals surface area contributed by atoms with Crippen LogP contribution < -0.4 is 0 Å². The predicted octanol–water partition coefficient (Wildman–Crippen LogP) is 4.02. The van der Waals surface area contributed by atoms with Gasteiger partial charge in [0.1, 0.15) is 5.76 Å². The van der Waals surface area contributed by atoms with Gasteiger partial charge >= 0.3 is 0 Å². The first-order valence-corrected chi connectivity index (χ1v) is 9.26. The Bertz CT molecular complexity index is 913. The smallest absolute Gasteiger partial charge is 0.276 e. The Balaban J connectivity index is 1.44. The number of aryl methyl sites for hydroxylation is 1. The number of nitrogens with zero attached hydrogens (tertiary/aromatic N) is 3. The molecule has 0 N–H and O–H groups in total. The van der Waals surface area contributed by atoms with Crippen molar-refractivity contribution in [2.24, 2.45) is 5.92 Å². The van der Waals surface area contributed by atoms with Gasteiger partial charge in [0.25, 0.3) is 5.91 Å². The summed E-state index contributed by atoms with van der Waals surface area (Å²) in [6, 6.07) is 12.2. The summed E-state index contributed by atoms with van der Waals surface area (Å²) in [7, 11) is 0. The maximum atomic E-state index is 12.6. The second kappa shape index (κ2) is 7.28. The molecule has 5 nitrogen and oxygen atoms in total. The summed E-state index contributed by atoms with van der Waals surface area (Å²) in [6.45, 7) is 3.37. The number of rotatable bonds is 3. The molecule has 1 amide bonds. The van der Waals surface area contributed by atoms with Gasteiger partial charge in [-0.15, -0.1) is 0 Å². The van der Waals surface area contributed by atoms with E-state index in [0.29, 0.717) is 17.4 Å². The second-order valence-electron chi connectivity index (χ2n) is 7.10. The van der Waals surface area contributed by atoms with Gasteiger partial charge in [-0.3, -0.25) is 9.78 Å². The second-order valence-corrected chi connectivity index (χ2v) is 7.10. The Hall–Kier alpha value is -2.69. The first kappa shape index (κ1) is 16.8. The van der Waals surface area contributed by atoms with Gasteiger partial charge < -0.3 is 9.42 Å². The third kappa shape index (κ3) is 3.47. The molecule has 0 spiro atoms. The summed E-state index contributed by atoms with van der Waals surface area (Å²) in [6.07, 6.45) is 6.05. The van der Waals surface area contributed by atoms with E-state index in [1.165, 1.54) is 10.9 Å². The lowest BCUT2D eigenvalue weighted by atomic mass is 9.91. The molecule has 5 heteroatoms. The van der Waals surface area contributed by atoms with Gasteiger partial charge in [0, 0.05) is 30.7 Å². The fraction of sp³-hybridized carbons (Fsp3) is 0.381. The van der Waals surface area contributed by atoms with Crippen LogP contribution in [-0.2, 0) is 6.42 Å². The lowest BCUT2D eigenvalue weighted by molar-refractivity contribution is 0.0749. The van der Waals surface area contributed by atoms with E-state index in [0.717, 1.165) is 44.3 Å².